The first kappa shape index (κ1) is 15.9. The van der Waals surface area contributed by atoms with Crippen LogP contribution in [0.3, 0.4) is 0 Å². The number of hydrogen-bond acceptors (Lipinski definition) is 3. The highest BCUT2D eigenvalue weighted by Crippen LogP contribution is 2.39. The molecule has 0 aromatic heterocycles. The Morgan fingerprint density at radius 3 is 2.52 bits per heavy atom. The zero-order chi connectivity index (χ0) is 15.5. The van der Waals surface area contributed by atoms with Crippen molar-refractivity contribution < 1.29 is 14.3 Å². The number of carbonyl (C=O) groups is 1. The van der Waals surface area contributed by atoms with Gasteiger partial charge in [0, 0.05) is 0 Å². The van der Waals surface area contributed by atoms with Crippen LogP contribution >= 0.6 is 0 Å². The van der Waals surface area contributed by atoms with Crippen LogP contribution in [0.25, 0.3) is 0 Å². The molecule has 1 aliphatic rings. The zero-order valence-corrected chi connectivity index (χ0v) is 13.3. The average molecular weight is 288 g/mol. The summed E-state index contributed by atoms with van der Waals surface area (Å²) >= 11 is 0. The van der Waals surface area contributed by atoms with E-state index in [1.807, 2.05) is 45.9 Å². The van der Waals surface area contributed by atoms with Gasteiger partial charge in [0.2, 0.25) is 0 Å². The van der Waals surface area contributed by atoms with Crippen molar-refractivity contribution in [1.29, 1.82) is 0 Å². The maximum Gasteiger partial charge on any atom is 0.189 e. The third kappa shape index (κ3) is 3.60. The fourth-order valence-electron chi connectivity index (χ4n) is 2.86. The van der Waals surface area contributed by atoms with Crippen molar-refractivity contribution >= 4 is 5.78 Å². The summed E-state index contributed by atoms with van der Waals surface area (Å²) in [6, 6.07) is 10.2. The minimum absolute atomic E-state index is 0.0337. The predicted octanol–water partition coefficient (Wildman–Crippen LogP) is 3.67. The standard InChI is InChI=1S/C18H24O3/c1-5-9-15(19)18(4)16(20-17(2,3)21-18)13-12-14-10-7-6-8-11-14/h5-11,16H,12-13H2,1-4H3/b9-5+/t16-,18-/m1/s1. The molecule has 3 heteroatoms. The van der Waals surface area contributed by atoms with Gasteiger partial charge in [-0.2, -0.15) is 0 Å². The van der Waals surface area contributed by atoms with Crippen molar-refractivity contribution in [3.8, 4) is 0 Å². The number of ether oxygens (including phenoxy) is 2. The second kappa shape index (κ2) is 6.12. The fourth-order valence-corrected chi connectivity index (χ4v) is 2.86. The van der Waals surface area contributed by atoms with E-state index in [1.165, 1.54) is 5.56 Å². The molecule has 0 aliphatic carbocycles. The summed E-state index contributed by atoms with van der Waals surface area (Å²) in [5.41, 5.74) is 0.330. The molecule has 0 amide bonds. The molecule has 0 N–H and O–H groups in total. The number of benzene rings is 1. The van der Waals surface area contributed by atoms with E-state index < -0.39 is 11.4 Å². The van der Waals surface area contributed by atoms with Crippen LogP contribution in [0, 0.1) is 0 Å². The summed E-state index contributed by atoms with van der Waals surface area (Å²) in [6.45, 7) is 7.38. The molecule has 0 spiro atoms. The smallest absolute Gasteiger partial charge is 0.189 e. The van der Waals surface area contributed by atoms with Crippen LogP contribution in [0.4, 0.5) is 0 Å². The van der Waals surface area contributed by atoms with E-state index in [0.717, 1.165) is 12.8 Å². The molecule has 114 valence electrons. The van der Waals surface area contributed by atoms with Crippen molar-refractivity contribution in [3.05, 3.63) is 48.0 Å². The van der Waals surface area contributed by atoms with E-state index in [9.17, 15) is 4.79 Å². The van der Waals surface area contributed by atoms with Crippen LogP contribution in [0.1, 0.15) is 39.7 Å². The molecule has 3 nitrogen and oxygen atoms in total. The van der Waals surface area contributed by atoms with Crippen LogP contribution in [-0.2, 0) is 20.7 Å². The molecule has 1 aliphatic heterocycles. The Balaban J connectivity index is 2.13. The quantitative estimate of drug-likeness (QED) is 0.775. The monoisotopic (exact) mass is 288 g/mol. The number of hydrogen-bond donors (Lipinski definition) is 0. The molecule has 0 unspecified atom stereocenters. The molecule has 21 heavy (non-hydrogen) atoms. The number of ketones is 1. The molecule has 2 atom stereocenters. The van der Waals surface area contributed by atoms with Crippen molar-refractivity contribution in [2.24, 2.45) is 0 Å². The lowest BCUT2D eigenvalue weighted by Crippen LogP contribution is -2.44. The van der Waals surface area contributed by atoms with Gasteiger partial charge < -0.3 is 9.47 Å². The molecule has 1 aromatic rings. The van der Waals surface area contributed by atoms with Crippen LogP contribution in [0.5, 0.6) is 0 Å². The highest BCUT2D eigenvalue weighted by atomic mass is 16.8. The van der Waals surface area contributed by atoms with Gasteiger partial charge in [0.1, 0.15) is 0 Å². The van der Waals surface area contributed by atoms with Gasteiger partial charge >= 0.3 is 0 Å². The maximum atomic E-state index is 12.4. The largest absolute Gasteiger partial charge is 0.344 e. The zero-order valence-electron chi connectivity index (χ0n) is 13.3. The highest BCUT2D eigenvalue weighted by Gasteiger charge is 2.53. The first-order valence-electron chi connectivity index (χ1n) is 7.46. The first-order valence-corrected chi connectivity index (χ1v) is 7.46. The van der Waals surface area contributed by atoms with Crippen LogP contribution < -0.4 is 0 Å². The van der Waals surface area contributed by atoms with Gasteiger partial charge in [-0.3, -0.25) is 4.79 Å². The molecule has 1 fully saturated rings. The number of rotatable bonds is 5. The van der Waals surface area contributed by atoms with Crippen LogP contribution in [-0.4, -0.2) is 23.3 Å². The van der Waals surface area contributed by atoms with E-state index in [-0.39, 0.29) is 11.9 Å². The third-order valence-corrected chi connectivity index (χ3v) is 3.84. The highest BCUT2D eigenvalue weighted by molar-refractivity contribution is 5.97. The summed E-state index contributed by atoms with van der Waals surface area (Å²) in [5, 5.41) is 0. The Morgan fingerprint density at radius 2 is 1.90 bits per heavy atom. The molecule has 0 saturated carbocycles. The Hall–Kier alpha value is -1.45. The van der Waals surface area contributed by atoms with Crippen molar-refractivity contribution in [2.45, 2.75) is 58.0 Å². The summed E-state index contributed by atoms with van der Waals surface area (Å²) < 4.78 is 11.9. The number of aryl methyl sites for hydroxylation is 1. The second-order valence-corrected chi connectivity index (χ2v) is 6.10. The Kier molecular flexibility index (Phi) is 4.64. The lowest BCUT2D eigenvalue weighted by atomic mass is 9.89. The van der Waals surface area contributed by atoms with E-state index in [0.29, 0.717) is 0 Å². The molecule has 1 heterocycles. The van der Waals surface area contributed by atoms with E-state index in [1.54, 1.807) is 12.2 Å². The van der Waals surface area contributed by atoms with E-state index >= 15 is 0 Å². The predicted molar refractivity (Wildman–Crippen MR) is 83.0 cm³/mol. The van der Waals surface area contributed by atoms with Gasteiger partial charge in [0.25, 0.3) is 0 Å². The maximum absolute atomic E-state index is 12.4. The lowest BCUT2D eigenvalue weighted by molar-refractivity contribution is -0.167. The molecular formula is C18H24O3. The van der Waals surface area contributed by atoms with Crippen LogP contribution in [0.15, 0.2) is 42.5 Å². The fraction of sp³-hybridized carbons (Fsp3) is 0.500. The molecule has 2 rings (SSSR count). The van der Waals surface area contributed by atoms with Gasteiger partial charge in [0.15, 0.2) is 17.2 Å². The van der Waals surface area contributed by atoms with Gasteiger partial charge in [-0.25, -0.2) is 0 Å². The van der Waals surface area contributed by atoms with Gasteiger partial charge in [-0.1, -0.05) is 36.4 Å². The van der Waals surface area contributed by atoms with E-state index in [4.69, 9.17) is 9.47 Å². The van der Waals surface area contributed by atoms with Gasteiger partial charge in [-0.15, -0.1) is 0 Å². The van der Waals surface area contributed by atoms with Gasteiger partial charge in [-0.05, 0) is 52.2 Å². The summed E-state index contributed by atoms with van der Waals surface area (Å²) in [4.78, 5) is 12.4. The van der Waals surface area contributed by atoms with Crippen molar-refractivity contribution in [3.63, 3.8) is 0 Å². The Morgan fingerprint density at radius 1 is 1.24 bits per heavy atom. The van der Waals surface area contributed by atoms with Crippen LogP contribution in [0.2, 0.25) is 0 Å². The molecule has 0 bridgehead atoms. The SMILES string of the molecule is C/C=C/C(=O)[C@@]1(C)OC(C)(C)O[C@@H]1CCc1ccccc1. The van der Waals surface area contributed by atoms with Crippen molar-refractivity contribution in [1.82, 2.24) is 0 Å². The molecule has 1 saturated heterocycles. The first-order chi connectivity index (χ1) is 9.87. The summed E-state index contributed by atoms with van der Waals surface area (Å²) in [6.07, 6.45) is 4.70. The summed E-state index contributed by atoms with van der Waals surface area (Å²) in [5.74, 6) is -0.762. The molecule has 1 aromatic carbocycles. The van der Waals surface area contributed by atoms with E-state index in [2.05, 4.69) is 12.1 Å². The van der Waals surface area contributed by atoms with Crippen molar-refractivity contribution in [2.75, 3.05) is 0 Å². The second-order valence-electron chi connectivity index (χ2n) is 6.10. The third-order valence-electron chi connectivity index (χ3n) is 3.84. The Labute approximate surface area is 127 Å². The topological polar surface area (TPSA) is 35.5 Å². The average Bonchev–Trinajstić information content (AvgIpc) is 2.68. The minimum Gasteiger partial charge on any atom is -0.344 e. The summed E-state index contributed by atoms with van der Waals surface area (Å²) in [7, 11) is 0. The number of carbonyl (C=O) groups excluding carboxylic acids is 1. The molecular weight excluding hydrogens is 264 g/mol. The normalized spacial score (nSPS) is 28.1. The number of allylic oxidation sites excluding steroid dienone is 1. The Bertz CT molecular complexity index is 519. The minimum atomic E-state index is -0.912. The van der Waals surface area contributed by atoms with Gasteiger partial charge in [0.05, 0.1) is 6.10 Å². The molecule has 0 radical (unpaired) electrons. The lowest BCUT2D eigenvalue weighted by Gasteiger charge is -2.26.